The number of rotatable bonds is 7. The molecule has 2 heterocycles. The van der Waals surface area contributed by atoms with Gasteiger partial charge in [0.15, 0.2) is 11.6 Å². The molecule has 0 bridgehead atoms. The van der Waals surface area contributed by atoms with Crippen LogP contribution in [0.25, 0.3) is 0 Å². The number of nitrogens with zero attached hydrogens (tertiary/aromatic N) is 4. The van der Waals surface area contributed by atoms with Gasteiger partial charge in [-0.1, -0.05) is 41.6 Å². The van der Waals surface area contributed by atoms with Crippen molar-refractivity contribution in [2.45, 2.75) is 26.3 Å². The molecule has 0 saturated heterocycles. The summed E-state index contributed by atoms with van der Waals surface area (Å²) in [6.45, 7) is 3.69. The van der Waals surface area contributed by atoms with Crippen LogP contribution in [0.4, 0.5) is 11.5 Å². The SMILES string of the molecule is Cc1ccc(Nc2cccc(C(=O)NC(C)c3noc(Cc4ccccc4)n3)c2)nn1. The molecule has 0 fully saturated rings. The Hall–Kier alpha value is -4.07. The number of anilines is 2. The molecule has 2 N–H and O–H groups in total. The first-order valence-corrected chi connectivity index (χ1v) is 9.91. The van der Waals surface area contributed by atoms with Crippen molar-refractivity contribution < 1.29 is 9.32 Å². The molecule has 0 spiro atoms. The molecule has 0 aliphatic heterocycles. The van der Waals surface area contributed by atoms with Crippen molar-refractivity contribution in [2.75, 3.05) is 5.32 Å². The predicted molar refractivity (Wildman–Crippen MR) is 116 cm³/mol. The molecule has 1 unspecified atom stereocenters. The number of carbonyl (C=O) groups excluding carboxylic acids is 1. The van der Waals surface area contributed by atoms with Crippen molar-refractivity contribution in [1.82, 2.24) is 25.7 Å². The van der Waals surface area contributed by atoms with Gasteiger partial charge in [-0.25, -0.2) is 0 Å². The van der Waals surface area contributed by atoms with E-state index < -0.39 is 6.04 Å². The topological polar surface area (TPSA) is 106 Å². The van der Waals surface area contributed by atoms with Gasteiger partial charge in [0.05, 0.1) is 18.2 Å². The molecule has 8 nitrogen and oxygen atoms in total. The molecule has 0 saturated carbocycles. The normalized spacial score (nSPS) is 11.7. The summed E-state index contributed by atoms with van der Waals surface area (Å²) in [5.41, 5.74) is 3.16. The van der Waals surface area contributed by atoms with Crippen LogP contribution in [0.2, 0.25) is 0 Å². The van der Waals surface area contributed by atoms with Crippen LogP contribution in [0.1, 0.15) is 46.3 Å². The van der Waals surface area contributed by atoms with E-state index >= 15 is 0 Å². The molecule has 8 heteroatoms. The van der Waals surface area contributed by atoms with Crippen LogP contribution in [-0.4, -0.2) is 26.2 Å². The lowest BCUT2D eigenvalue weighted by Crippen LogP contribution is -2.27. The molecule has 1 amide bonds. The smallest absolute Gasteiger partial charge is 0.251 e. The number of benzene rings is 2. The summed E-state index contributed by atoms with van der Waals surface area (Å²) in [5.74, 6) is 1.31. The van der Waals surface area contributed by atoms with Gasteiger partial charge < -0.3 is 15.2 Å². The zero-order chi connectivity index (χ0) is 21.6. The molecule has 31 heavy (non-hydrogen) atoms. The molecule has 4 rings (SSSR count). The fourth-order valence-electron chi connectivity index (χ4n) is 2.98. The fraction of sp³-hybridized carbons (Fsp3) is 0.174. The minimum atomic E-state index is -0.402. The van der Waals surface area contributed by atoms with E-state index in [0.29, 0.717) is 29.5 Å². The van der Waals surface area contributed by atoms with E-state index in [1.54, 1.807) is 18.2 Å². The van der Waals surface area contributed by atoms with Gasteiger partial charge in [0.1, 0.15) is 0 Å². The third-order valence-electron chi connectivity index (χ3n) is 4.61. The molecule has 1 atom stereocenters. The van der Waals surface area contributed by atoms with Crippen molar-refractivity contribution in [3.05, 3.63) is 95.3 Å². The Labute approximate surface area is 179 Å². The Morgan fingerprint density at radius 1 is 1.03 bits per heavy atom. The summed E-state index contributed by atoms with van der Waals surface area (Å²) in [5, 5.41) is 18.2. The van der Waals surface area contributed by atoms with Crippen molar-refractivity contribution in [2.24, 2.45) is 0 Å². The fourth-order valence-corrected chi connectivity index (χ4v) is 2.98. The highest BCUT2D eigenvalue weighted by molar-refractivity contribution is 5.95. The Bertz CT molecular complexity index is 1160. The second-order valence-corrected chi connectivity index (χ2v) is 7.17. The van der Waals surface area contributed by atoms with Crippen LogP contribution in [0, 0.1) is 6.92 Å². The largest absolute Gasteiger partial charge is 0.342 e. The highest BCUT2D eigenvalue weighted by Gasteiger charge is 2.17. The van der Waals surface area contributed by atoms with Gasteiger partial charge in [0, 0.05) is 11.3 Å². The van der Waals surface area contributed by atoms with Crippen LogP contribution in [-0.2, 0) is 6.42 Å². The van der Waals surface area contributed by atoms with Gasteiger partial charge in [0.25, 0.3) is 5.91 Å². The summed E-state index contributed by atoms with van der Waals surface area (Å²) in [4.78, 5) is 17.1. The van der Waals surface area contributed by atoms with Gasteiger partial charge in [-0.05, 0) is 49.7 Å². The third kappa shape index (κ3) is 5.30. The lowest BCUT2D eigenvalue weighted by atomic mass is 10.1. The second-order valence-electron chi connectivity index (χ2n) is 7.17. The number of aryl methyl sites for hydroxylation is 1. The lowest BCUT2D eigenvalue weighted by Gasteiger charge is -2.11. The standard InChI is InChI=1S/C23H22N6O2/c1-15-11-12-20(28-27-15)25-19-10-6-9-18(14-19)23(30)24-16(2)22-26-21(31-29-22)13-17-7-4-3-5-8-17/h3-12,14,16H,13H2,1-2H3,(H,24,30)(H,25,28). The Kier molecular flexibility index (Phi) is 5.98. The molecular weight excluding hydrogens is 392 g/mol. The van der Waals surface area contributed by atoms with Gasteiger partial charge in [0.2, 0.25) is 5.89 Å². The first kappa shape index (κ1) is 20.2. The molecular formula is C23H22N6O2. The number of carbonyl (C=O) groups is 1. The third-order valence-corrected chi connectivity index (χ3v) is 4.61. The van der Waals surface area contributed by atoms with Crippen LogP contribution < -0.4 is 10.6 Å². The molecule has 2 aromatic carbocycles. The summed E-state index contributed by atoms with van der Waals surface area (Å²) in [7, 11) is 0. The summed E-state index contributed by atoms with van der Waals surface area (Å²) < 4.78 is 5.34. The van der Waals surface area contributed by atoms with E-state index in [-0.39, 0.29) is 5.91 Å². The number of hydrogen-bond donors (Lipinski definition) is 2. The average molecular weight is 414 g/mol. The second kappa shape index (κ2) is 9.17. The van der Waals surface area contributed by atoms with Crippen molar-refractivity contribution in [3.8, 4) is 0 Å². The average Bonchev–Trinajstić information content (AvgIpc) is 3.25. The van der Waals surface area contributed by atoms with E-state index in [0.717, 1.165) is 16.9 Å². The maximum absolute atomic E-state index is 12.7. The van der Waals surface area contributed by atoms with E-state index in [1.165, 1.54) is 0 Å². The summed E-state index contributed by atoms with van der Waals surface area (Å²) in [6, 6.07) is 20.3. The van der Waals surface area contributed by atoms with Gasteiger partial charge >= 0.3 is 0 Å². The van der Waals surface area contributed by atoms with Crippen LogP contribution >= 0.6 is 0 Å². The zero-order valence-corrected chi connectivity index (χ0v) is 17.2. The first-order valence-electron chi connectivity index (χ1n) is 9.91. The Morgan fingerprint density at radius 3 is 2.65 bits per heavy atom. The quantitative estimate of drug-likeness (QED) is 0.471. The highest BCUT2D eigenvalue weighted by Crippen LogP contribution is 2.17. The molecule has 2 aromatic heterocycles. The maximum atomic E-state index is 12.7. The summed E-state index contributed by atoms with van der Waals surface area (Å²) in [6.07, 6.45) is 0.546. The van der Waals surface area contributed by atoms with E-state index in [4.69, 9.17) is 4.52 Å². The molecule has 156 valence electrons. The highest BCUT2D eigenvalue weighted by atomic mass is 16.5. The minimum Gasteiger partial charge on any atom is -0.342 e. The monoisotopic (exact) mass is 414 g/mol. The molecule has 0 aliphatic carbocycles. The Balaban J connectivity index is 1.39. The molecule has 0 radical (unpaired) electrons. The zero-order valence-electron chi connectivity index (χ0n) is 17.2. The van der Waals surface area contributed by atoms with Crippen molar-refractivity contribution >= 4 is 17.4 Å². The Morgan fingerprint density at radius 2 is 1.87 bits per heavy atom. The van der Waals surface area contributed by atoms with E-state index in [9.17, 15) is 4.79 Å². The number of aromatic nitrogens is 4. The van der Waals surface area contributed by atoms with Crippen molar-refractivity contribution in [1.29, 1.82) is 0 Å². The van der Waals surface area contributed by atoms with Gasteiger partial charge in [-0.3, -0.25) is 4.79 Å². The van der Waals surface area contributed by atoms with E-state index in [1.807, 2.05) is 62.4 Å². The maximum Gasteiger partial charge on any atom is 0.251 e. The lowest BCUT2D eigenvalue weighted by molar-refractivity contribution is 0.0938. The number of amides is 1. The van der Waals surface area contributed by atoms with Crippen LogP contribution in [0.3, 0.4) is 0 Å². The van der Waals surface area contributed by atoms with E-state index in [2.05, 4.69) is 31.0 Å². The van der Waals surface area contributed by atoms with Crippen LogP contribution in [0.15, 0.2) is 71.3 Å². The number of hydrogen-bond acceptors (Lipinski definition) is 7. The molecule has 4 aromatic rings. The van der Waals surface area contributed by atoms with Crippen LogP contribution in [0.5, 0.6) is 0 Å². The molecule has 0 aliphatic rings. The van der Waals surface area contributed by atoms with Gasteiger partial charge in [-0.15, -0.1) is 5.10 Å². The first-order chi connectivity index (χ1) is 15.1. The predicted octanol–water partition coefficient (Wildman–Crippen LogP) is 3.99. The summed E-state index contributed by atoms with van der Waals surface area (Å²) >= 11 is 0. The number of nitrogens with one attached hydrogen (secondary N) is 2. The van der Waals surface area contributed by atoms with Gasteiger partial charge in [-0.2, -0.15) is 10.1 Å². The van der Waals surface area contributed by atoms with Crippen molar-refractivity contribution in [3.63, 3.8) is 0 Å². The minimum absolute atomic E-state index is 0.236.